The van der Waals surface area contributed by atoms with Crippen LogP contribution in [0.5, 0.6) is 5.75 Å². The van der Waals surface area contributed by atoms with Crippen LogP contribution in [0.3, 0.4) is 0 Å². The Hall–Kier alpha value is -2.99. The van der Waals surface area contributed by atoms with Gasteiger partial charge in [-0.2, -0.15) is 13.2 Å². The molecule has 0 fully saturated rings. The first kappa shape index (κ1) is 29.2. The normalized spacial score (nSPS) is 12.6. The molecule has 0 bridgehead atoms. The molecule has 36 heavy (non-hydrogen) atoms. The number of hydrogen-bond donors (Lipinski definition) is 1. The van der Waals surface area contributed by atoms with E-state index in [0.29, 0.717) is 27.8 Å². The maximum Gasteiger partial charge on any atom is 0.416 e. The van der Waals surface area contributed by atoms with Crippen molar-refractivity contribution in [2.45, 2.75) is 32.1 Å². The van der Waals surface area contributed by atoms with Crippen molar-refractivity contribution < 1.29 is 35.9 Å². The van der Waals surface area contributed by atoms with Crippen molar-refractivity contribution in [3.8, 4) is 5.75 Å². The standard InChI is InChI=1S/C23H27ClF3N3O5S/c1-5-19(22(32)28-2)29(13-15-6-9-17(35-3)10-7-15)21(31)14-30(36(4,33)34)20-12-16(23(25,26)27)8-11-18(20)24/h6-12,19H,5,13-14H2,1-4H3,(H,28,32). The first-order valence-corrected chi connectivity index (χ1v) is 12.9. The average molecular weight is 550 g/mol. The number of sulfonamides is 1. The van der Waals surface area contributed by atoms with Gasteiger partial charge in [-0.25, -0.2) is 8.42 Å². The van der Waals surface area contributed by atoms with Gasteiger partial charge in [-0.05, 0) is 42.3 Å². The summed E-state index contributed by atoms with van der Waals surface area (Å²) in [6.45, 7) is 0.735. The van der Waals surface area contributed by atoms with Gasteiger partial charge in [0.25, 0.3) is 0 Å². The third-order valence-electron chi connectivity index (χ3n) is 5.37. The Morgan fingerprint density at radius 2 is 1.75 bits per heavy atom. The lowest BCUT2D eigenvalue weighted by atomic mass is 10.1. The number of amides is 2. The molecule has 0 spiro atoms. The Bertz CT molecular complexity index is 1190. The van der Waals surface area contributed by atoms with Crippen LogP contribution in [0.1, 0.15) is 24.5 Å². The van der Waals surface area contributed by atoms with Gasteiger partial charge in [-0.1, -0.05) is 30.7 Å². The van der Waals surface area contributed by atoms with Gasteiger partial charge >= 0.3 is 6.18 Å². The highest BCUT2D eigenvalue weighted by atomic mass is 35.5. The summed E-state index contributed by atoms with van der Waals surface area (Å²) < 4.78 is 70.7. The van der Waals surface area contributed by atoms with Crippen LogP contribution in [-0.2, 0) is 32.3 Å². The number of nitrogens with zero attached hydrogens (tertiary/aromatic N) is 2. The molecule has 198 valence electrons. The predicted molar refractivity (Wildman–Crippen MR) is 130 cm³/mol. The van der Waals surface area contributed by atoms with Crippen LogP contribution in [0.25, 0.3) is 0 Å². The zero-order valence-electron chi connectivity index (χ0n) is 20.1. The molecule has 1 atom stereocenters. The third-order valence-corrected chi connectivity index (χ3v) is 6.81. The fraction of sp³-hybridized carbons (Fsp3) is 0.391. The highest BCUT2D eigenvalue weighted by molar-refractivity contribution is 7.92. The van der Waals surface area contributed by atoms with E-state index in [2.05, 4.69) is 5.32 Å². The number of hydrogen-bond acceptors (Lipinski definition) is 5. The molecule has 0 aliphatic carbocycles. The van der Waals surface area contributed by atoms with E-state index in [1.165, 1.54) is 19.1 Å². The molecule has 2 amide bonds. The minimum absolute atomic E-state index is 0.0668. The second kappa shape index (κ2) is 11.8. The van der Waals surface area contributed by atoms with E-state index < -0.39 is 51.9 Å². The Kier molecular flexibility index (Phi) is 9.61. The zero-order valence-corrected chi connectivity index (χ0v) is 21.7. The quantitative estimate of drug-likeness (QED) is 0.488. The van der Waals surface area contributed by atoms with Crippen LogP contribution in [0.4, 0.5) is 18.9 Å². The van der Waals surface area contributed by atoms with Gasteiger partial charge in [0.1, 0.15) is 18.3 Å². The summed E-state index contributed by atoms with van der Waals surface area (Å²) in [6.07, 6.45) is -3.81. The number of anilines is 1. The number of benzene rings is 2. The molecule has 0 aliphatic heterocycles. The van der Waals surface area contributed by atoms with Crippen LogP contribution in [0.15, 0.2) is 42.5 Å². The van der Waals surface area contributed by atoms with E-state index >= 15 is 0 Å². The molecule has 2 aromatic carbocycles. The van der Waals surface area contributed by atoms with Crippen molar-refractivity contribution >= 4 is 39.1 Å². The number of likely N-dealkylation sites (N-methyl/N-ethyl adjacent to an activating group) is 1. The van der Waals surface area contributed by atoms with E-state index in [-0.39, 0.29) is 18.0 Å². The Morgan fingerprint density at radius 1 is 1.14 bits per heavy atom. The van der Waals surface area contributed by atoms with Crippen molar-refractivity contribution in [1.82, 2.24) is 10.2 Å². The van der Waals surface area contributed by atoms with Crippen molar-refractivity contribution in [3.05, 3.63) is 58.6 Å². The molecule has 0 aromatic heterocycles. The summed E-state index contributed by atoms with van der Waals surface area (Å²) >= 11 is 6.06. The number of rotatable bonds is 10. The highest BCUT2D eigenvalue weighted by Gasteiger charge is 2.35. The molecule has 0 saturated heterocycles. The van der Waals surface area contributed by atoms with Crippen LogP contribution in [-0.4, -0.2) is 58.1 Å². The second-order valence-corrected chi connectivity index (χ2v) is 10.2. The van der Waals surface area contributed by atoms with Crippen molar-refractivity contribution in [1.29, 1.82) is 0 Å². The smallest absolute Gasteiger partial charge is 0.416 e. The summed E-state index contributed by atoms with van der Waals surface area (Å²) in [5.74, 6) is -0.722. The lowest BCUT2D eigenvalue weighted by Gasteiger charge is -2.33. The Balaban J connectivity index is 2.52. The summed E-state index contributed by atoms with van der Waals surface area (Å²) in [4.78, 5) is 27.2. The van der Waals surface area contributed by atoms with E-state index in [1.807, 2.05) is 0 Å². The molecule has 2 aromatic rings. The molecule has 1 N–H and O–H groups in total. The molecule has 0 saturated carbocycles. The number of nitrogens with one attached hydrogen (secondary N) is 1. The molecular weight excluding hydrogens is 523 g/mol. The van der Waals surface area contributed by atoms with Crippen molar-refractivity contribution in [2.24, 2.45) is 0 Å². The first-order chi connectivity index (χ1) is 16.7. The van der Waals surface area contributed by atoms with Gasteiger partial charge in [0, 0.05) is 13.6 Å². The number of alkyl halides is 3. The molecule has 1 unspecified atom stereocenters. The fourth-order valence-corrected chi connectivity index (χ4v) is 4.61. The minimum atomic E-state index is -4.76. The monoisotopic (exact) mass is 549 g/mol. The average Bonchev–Trinajstić information content (AvgIpc) is 2.81. The zero-order chi connectivity index (χ0) is 27.3. The first-order valence-electron chi connectivity index (χ1n) is 10.7. The van der Waals surface area contributed by atoms with E-state index in [0.717, 1.165) is 12.3 Å². The van der Waals surface area contributed by atoms with Crippen LogP contribution in [0, 0.1) is 0 Å². The number of carbonyl (C=O) groups excluding carboxylic acids is 2. The van der Waals surface area contributed by atoms with E-state index in [4.69, 9.17) is 16.3 Å². The van der Waals surface area contributed by atoms with Crippen molar-refractivity contribution in [3.63, 3.8) is 0 Å². The van der Waals surface area contributed by atoms with Gasteiger partial charge in [0.05, 0.1) is 29.6 Å². The van der Waals surface area contributed by atoms with Gasteiger partial charge in [-0.15, -0.1) is 0 Å². The summed E-state index contributed by atoms with van der Waals surface area (Å²) in [7, 11) is -1.37. The Morgan fingerprint density at radius 3 is 2.22 bits per heavy atom. The third kappa shape index (κ3) is 7.26. The van der Waals surface area contributed by atoms with Crippen LogP contribution < -0.4 is 14.4 Å². The van der Waals surface area contributed by atoms with Crippen LogP contribution in [0.2, 0.25) is 5.02 Å². The van der Waals surface area contributed by atoms with E-state index in [1.54, 1.807) is 31.2 Å². The maximum atomic E-state index is 13.5. The second-order valence-electron chi connectivity index (χ2n) is 7.84. The van der Waals surface area contributed by atoms with Gasteiger partial charge in [-0.3, -0.25) is 13.9 Å². The molecule has 8 nitrogen and oxygen atoms in total. The predicted octanol–water partition coefficient (Wildman–Crippen LogP) is 3.69. The minimum Gasteiger partial charge on any atom is -0.497 e. The summed E-state index contributed by atoms with van der Waals surface area (Å²) in [5, 5.41) is 2.18. The molecule has 2 rings (SSSR count). The molecular formula is C23H27ClF3N3O5S. The van der Waals surface area contributed by atoms with Gasteiger partial charge in [0.15, 0.2) is 0 Å². The van der Waals surface area contributed by atoms with E-state index in [9.17, 15) is 31.2 Å². The molecule has 13 heteroatoms. The number of ether oxygens (including phenoxy) is 1. The lowest BCUT2D eigenvalue weighted by Crippen LogP contribution is -2.51. The molecule has 0 heterocycles. The number of methoxy groups -OCH3 is 1. The van der Waals surface area contributed by atoms with Gasteiger partial charge < -0.3 is 15.0 Å². The topological polar surface area (TPSA) is 96.0 Å². The SMILES string of the molecule is CCC(C(=O)NC)N(Cc1ccc(OC)cc1)C(=O)CN(c1cc(C(F)(F)F)ccc1Cl)S(C)(=O)=O. The maximum absolute atomic E-state index is 13.5. The molecule has 0 aliphatic rings. The number of halogens is 4. The summed E-state index contributed by atoms with van der Waals surface area (Å²) in [5.41, 5.74) is -1.01. The van der Waals surface area contributed by atoms with Crippen molar-refractivity contribution in [2.75, 3.05) is 31.3 Å². The van der Waals surface area contributed by atoms with Crippen LogP contribution >= 0.6 is 11.6 Å². The highest BCUT2D eigenvalue weighted by Crippen LogP contribution is 2.36. The molecule has 0 radical (unpaired) electrons. The largest absolute Gasteiger partial charge is 0.497 e. The Labute approximate surface area is 213 Å². The summed E-state index contributed by atoms with van der Waals surface area (Å²) in [6, 6.07) is 7.89. The fourth-order valence-electron chi connectivity index (χ4n) is 3.49. The van der Waals surface area contributed by atoms with Gasteiger partial charge in [0.2, 0.25) is 21.8 Å². The number of carbonyl (C=O) groups is 2. The lowest BCUT2D eigenvalue weighted by molar-refractivity contribution is -0.140.